The second kappa shape index (κ2) is 11.0. The Balaban J connectivity index is 2.04. The minimum absolute atomic E-state index is 0.0973. The maximum absolute atomic E-state index is 13.1. The molecule has 0 saturated carbocycles. The Kier molecular flexibility index (Phi) is 8.64. The zero-order chi connectivity index (χ0) is 24.6. The van der Waals surface area contributed by atoms with Gasteiger partial charge in [-0.25, -0.2) is 0 Å². The van der Waals surface area contributed by atoms with Crippen LogP contribution in [-0.2, 0) is 11.0 Å². The van der Waals surface area contributed by atoms with Crippen molar-refractivity contribution in [2.75, 3.05) is 43.1 Å². The van der Waals surface area contributed by atoms with Crippen LogP contribution in [0.15, 0.2) is 42.5 Å². The molecular formula is C22H24F3N3O5. The lowest BCUT2D eigenvalue weighted by molar-refractivity contribution is -0.138. The topological polar surface area (TPSA) is 126 Å². The smallest absolute Gasteiger partial charge is 0.417 e. The highest BCUT2D eigenvalue weighted by Gasteiger charge is 2.35. The lowest BCUT2D eigenvalue weighted by atomic mass is 10.1. The highest BCUT2D eigenvalue weighted by molar-refractivity contribution is 5.97. The Bertz CT molecular complexity index is 982. The molecule has 0 bridgehead atoms. The van der Waals surface area contributed by atoms with Crippen LogP contribution in [0.3, 0.4) is 0 Å². The van der Waals surface area contributed by atoms with E-state index in [4.69, 9.17) is 20.2 Å². The number of hydrogen-bond donors (Lipinski definition) is 4. The van der Waals surface area contributed by atoms with E-state index in [1.54, 1.807) is 29.2 Å². The third-order valence-corrected chi connectivity index (χ3v) is 4.65. The summed E-state index contributed by atoms with van der Waals surface area (Å²) in [5.41, 5.74) is -3.38. The first kappa shape index (κ1) is 25.9. The van der Waals surface area contributed by atoms with E-state index < -0.39 is 35.4 Å². The molecule has 33 heavy (non-hydrogen) atoms. The summed E-state index contributed by atoms with van der Waals surface area (Å²) in [5.74, 6) is -0.675. The number of rotatable bonds is 10. The van der Waals surface area contributed by atoms with E-state index in [2.05, 4.69) is 5.32 Å². The molecular weight excluding hydrogens is 443 g/mol. The largest absolute Gasteiger partial charge is 0.490 e. The number of hydrogen-bond acceptors (Lipinski definition) is 7. The molecule has 1 atom stereocenters. The fourth-order valence-electron chi connectivity index (χ4n) is 2.87. The minimum atomic E-state index is -4.78. The quantitative estimate of drug-likeness (QED) is 0.422. The molecule has 0 heterocycles. The summed E-state index contributed by atoms with van der Waals surface area (Å²) in [6, 6.07) is 10.6. The summed E-state index contributed by atoms with van der Waals surface area (Å²) >= 11 is 0. The highest BCUT2D eigenvalue weighted by atomic mass is 19.4. The lowest BCUT2D eigenvalue weighted by Gasteiger charge is -2.24. The Morgan fingerprint density at radius 1 is 1.12 bits per heavy atom. The minimum Gasteiger partial charge on any atom is -0.490 e. The van der Waals surface area contributed by atoms with Gasteiger partial charge in [0.2, 0.25) is 0 Å². The second-order valence-electron chi connectivity index (χ2n) is 7.31. The highest BCUT2D eigenvalue weighted by Crippen LogP contribution is 2.33. The molecule has 0 aliphatic rings. The van der Waals surface area contributed by atoms with Crippen molar-refractivity contribution in [3.63, 3.8) is 0 Å². The fraction of sp³-hybridized carbons (Fsp3) is 0.364. The first-order chi connectivity index (χ1) is 15.5. The van der Waals surface area contributed by atoms with E-state index in [1.165, 1.54) is 6.07 Å². The molecule has 0 aliphatic heterocycles. The van der Waals surface area contributed by atoms with Gasteiger partial charge in [-0.1, -0.05) is 0 Å². The Morgan fingerprint density at radius 2 is 1.73 bits per heavy atom. The summed E-state index contributed by atoms with van der Waals surface area (Å²) in [6.45, 7) is 1.11. The van der Waals surface area contributed by atoms with E-state index in [-0.39, 0.29) is 18.9 Å². The van der Waals surface area contributed by atoms with Gasteiger partial charge in [-0.05, 0) is 49.4 Å². The Morgan fingerprint density at radius 3 is 2.24 bits per heavy atom. The number of carbonyl (C=O) groups is 1. The molecule has 1 amide bonds. The molecule has 2 aromatic carbocycles. The van der Waals surface area contributed by atoms with Crippen LogP contribution in [0.25, 0.3) is 0 Å². The summed E-state index contributed by atoms with van der Waals surface area (Å²) in [7, 11) is 0. The molecule has 0 fully saturated rings. The van der Waals surface area contributed by atoms with Crippen molar-refractivity contribution >= 4 is 17.3 Å². The van der Waals surface area contributed by atoms with E-state index in [0.717, 1.165) is 24.7 Å². The van der Waals surface area contributed by atoms with Gasteiger partial charge in [0.1, 0.15) is 12.4 Å². The van der Waals surface area contributed by atoms with Crippen LogP contribution in [-0.4, -0.2) is 59.7 Å². The number of benzene rings is 2. The molecule has 0 radical (unpaired) electrons. The van der Waals surface area contributed by atoms with Crippen molar-refractivity contribution in [2.24, 2.45) is 0 Å². The number of nitriles is 1. The van der Waals surface area contributed by atoms with Gasteiger partial charge < -0.3 is 30.3 Å². The monoisotopic (exact) mass is 467 g/mol. The molecule has 178 valence electrons. The van der Waals surface area contributed by atoms with E-state index in [1.807, 2.05) is 0 Å². The SMILES string of the molecule is C[C@](O)(COc1ccc(N(CCO)CCO)cc1)C(=O)Nc1ccc(C#N)c(C(F)(F)F)c1. The fourth-order valence-corrected chi connectivity index (χ4v) is 2.87. The van der Waals surface area contributed by atoms with E-state index in [0.29, 0.717) is 24.9 Å². The number of nitrogens with one attached hydrogen (secondary N) is 1. The number of halogens is 3. The van der Waals surface area contributed by atoms with Gasteiger partial charge in [-0.3, -0.25) is 4.79 Å². The molecule has 4 N–H and O–H groups in total. The van der Waals surface area contributed by atoms with Crippen LogP contribution in [0.1, 0.15) is 18.1 Å². The first-order valence-corrected chi connectivity index (χ1v) is 9.86. The number of anilines is 2. The molecule has 2 aromatic rings. The summed E-state index contributed by atoms with van der Waals surface area (Å²) < 4.78 is 44.7. The predicted octanol–water partition coefficient (Wildman–Crippen LogP) is 2.14. The van der Waals surface area contributed by atoms with Gasteiger partial charge in [-0.15, -0.1) is 0 Å². The first-order valence-electron chi connectivity index (χ1n) is 9.86. The lowest BCUT2D eigenvalue weighted by Crippen LogP contribution is -2.45. The third-order valence-electron chi connectivity index (χ3n) is 4.65. The average Bonchev–Trinajstić information content (AvgIpc) is 2.77. The Labute approximate surface area is 188 Å². The van der Waals surface area contributed by atoms with Crippen molar-refractivity contribution in [3.8, 4) is 11.8 Å². The Hall–Kier alpha value is -3.33. The molecule has 0 aromatic heterocycles. The van der Waals surface area contributed by atoms with Crippen molar-refractivity contribution in [3.05, 3.63) is 53.6 Å². The number of amides is 1. The van der Waals surface area contributed by atoms with Gasteiger partial charge >= 0.3 is 6.18 Å². The van der Waals surface area contributed by atoms with Crippen molar-refractivity contribution in [2.45, 2.75) is 18.7 Å². The van der Waals surface area contributed by atoms with Gasteiger partial charge in [0.25, 0.3) is 5.91 Å². The van der Waals surface area contributed by atoms with E-state index in [9.17, 15) is 23.1 Å². The van der Waals surface area contributed by atoms with Gasteiger partial charge in [0.05, 0.1) is 30.4 Å². The molecule has 2 rings (SSSR count). The zero-order valence-electron chi connectivity index (χ0n) is 17.8. The van der Waals surface area contributed by atoms with Crippen LogP contribution in [0.5, 0.6) is 5.75 Å². The maximum Gasteiger partial charge on any atom is 0.417 e. The molecule has 0 aliphatic carbocycles. The van der Waals surface area contributed by atoms with Crippen LogP contribution >= 0.6 is 0 Å². The van der Waals surface area contributed by atoms with Gasteiger partial charge in [0, 0.05) is 24.5 Å². The number of aliphatic hydroxyl groups is 3. The molecule has 8 nitrogen and oxygen atoms in total. The average molecular weight is 467 g/mol. The van der Waals surface area contributed by atoms with Gasteiger partial charge in [-0.2, -0.15) is 18.4 Å². The summed E-state index contributed by atoms with van der Waals surface area (Å²) in [4.78, 5) is 14.2. The molecule has 0 spiro atoms. The van der Waals surface area contributed by atoms with Crippen LogP contribution in [0.2, 0.25) is 0 Å². The number of aliphatic hydroxyl groups excluding tert-OH is 2. The van der Waals surface area contributed by atoms with Crippen molar-refractivity contribution in [1.82, 2.24) is 0 Å². The van der Waals surface area contributed by atoms with Crippen molar-refractivity contribution < 1.29 is 38.0 Å². The zero-order valence-corrected chi connectivity index (χ0v) is 17.8. The number of nitrogens with zero attached hydrogens (tertiary/aromatic N) is 2. The molecule has 0 saturated heterocycles. The summed E-state index contributed by atoms with van der Waals surface area (Å²) in [6.07, 6.45) is -4.78. The van der Waals surface area contributed by atoms with Crippen molar-refractivity contribution in [1.29, 1.82) is 5.26 Å². The van der Waals surface area contributed by atoms with Crippen LogP contribution in [0.4, 0.5) is 24.5 Å². The molecule has 11 heteroatoms. The molecule has 0 unspecified atom stereocenters. The normalized spacial score (nSPS) is 13.0. The number of carbonyl (C=O) groups excluding carboxylic acids is 1. The second-order valence-corrected chi connectivity index (χ2v) is 7.31. The van der Waals surface area contributed by atoms with E-state index >= 15 is 0 Å². The predicted molar refractivity (Wildman–Crippen MR) is 114 cm³/mol. The standard InChI is InChI=1S/C22H24F3N3O5/c1-21(32,14-33-18-6-4-17(5-7-18)28(8-10-29)9-11-30)20(31)27-16-3-2-15(13-26)19(12-16)22(23,24)25/h2-7,12,29-30,32H,8-11,14H2,1H3,(H,27,31)/t21-/m0/s1. The number of alkyl halides is 3. The maximum atomic E-state index is 13.1. The number of ether oxygens (including phenoxy) is 1. The van der Waals surface area contributed by atoms with Crippen LogP contribution < -0.4 is 15.0 Å². The van der Waals surface area contributed by atoms with Crippen LogP contribution in [0, 0.1) is 11.3 Å². The third kappa shape index (κ3) is 7.08. The van der Waals surface area contributed by atoms with Gasteiger partial charge in [0.15, 0.2) is 5.60 Å². The summed E-state index contributed by atoms with van der Waals surface area (Å²) in [5, 5.41) is 39.7.